The second-order valence-electron chi connectivity index (χ2n) is 5.77. The molecule has 1 aromatic carbocycles. The fraction of sp³-hybridized carbons (Fsp3) is 0.471. The molecule has 2 atom stereocenters. The monoisotopic (exact) mass is 285 g/mol. The van der Waals surface area contributed by atoms with Gasteiger partial charge in [0.1, 0.15) is 0 Å². The molecule has 112 valence electrons. The minimum absolute atomic E-state index is 0.0631. The number of hydrogen-bond acceptors (Lipinski definition) is 3. The third-order valence-corrected chi connectivity index (χ3v) is 4.01. The zero-order valence-corrected chi connectivity index (χ0v) is 13.0. The molecule has 4 nitrogen and oxygen atoms in total. The van der Waals surface area contributed by atoms with E-state index in [1.807, 2.05) is 29.2 Å². The lowest BCUT2D eigenvalue weighted by Gasteiger charge is -2.22. The quantitative estimate of drug-likeness (QED) is 0.825. The van der Waals surface area contributed by atoms with E-state index in [1.165, 1.54) is 0 Å². The van der Waals surface area contributed by atoms with Gasteiger partial charge in [0.15, 0.2) is 0 Å². The first-order valence-corrected chi connectivity index (χ1v) is 7.28. The first-order chi connectivity index (χ1) is 10.0. The van der Waals surface area contributed by atoms with Crippen molar-refractivity contribution in [3.8, 4) is 11.8 Å². The number of carbonyl (C=O) groups excluding carboxylic acids is 1. The zero-order chi connectivity index (χ0) is 15.4. The van der Waals surface area contributed by atoms with Crippen LogP contribution < -0.4 is 5.73 Å². The van der Waals surface area contributed by atoms with E-state index >= 15 is 0 Å². The number of likely N-dealkylation sites (tertiary alicyclic amines) is 1. The van der Waals surface area contributed by atoms with Gasteiger partial charge in [0.2, 0.25) is 0 Å². The smallest absolute Gasteiger partial charge is 0.255 e. The van der Waals surface area contributed by atoms with E-state index < -0.39 is 0 Å². The number of nitrogens with two attached hydrogens (primary N) is 1. The molecule has 1 aliphatic rings. The molecule has 2 N–H and O–H groups in total. The molecule has 0 bridgehead atoms. The fourth-order valence-electron chi connectivity index (χ4n) is 2.88. The molecular formula is C17H23N3O. The van der Waals surface area contributed by atoms with Crippen molar-refractivity contribution in [2.75, 3.05) is 33.7 Å². The maximum atomic E-state index is 12.8. The predicted octanol–water partition coefficient (Wildman–Crippen LogP) is 1.02. The molecule has 1 heterocycles. The summed E-state index contributed by atoms with van der Waals surface area (Å²) in [6.07, 6.45) is 0. The third-order valence-electron chi connectivity index (χ3n) is 4.01. The van der Waals surface area contributed by atoms with Crippen LogP contribution in [0, 0.1) is 17.8 Å². The Morgan fingerprint density at radius 2 is 2.10 bits per heavy atom. The van der Waals surface area contributed by atoms with Crippen molar-refractivity contribution in [2.45, 2.75) is 13.0 Å². The third kappa shape index (κ3) is 3.44. The molecule has 0 spiro atoms. The number of likely N-dealkylation sites (N-methyl/N-ethyl adjacent to an activating group) is 1. The normalized spacial score (nSPS) is 21.3. The van der Waals surface area contributed by atoms with E-state index in [2.05, 4.69) is 37.8 Å². The van der Waals surface area contributed by atoms with Crippen molar-refractivity contribution in [3.63, 3.8) is 0 Å². The van der Waals surface area contributed by atoms with Crippen LogP contribution in [-0.2, 0) is 0 Å². The average Bonchev–Trinajstić information content (AvgIpc) is 2.87. The predicted molar refractivity (Wildman–Crippen MR) is 84.9 cm³/mol. The van der Waals surface area contributed by atoms with Gasteiger partial charge in [-0.1, -0.05) is 30.9 Å². The van der Waals surface area contributed by atoms with Crippen LogP contribution in [0.4, 0.5) is 0 Å². The Morgan fingerprint density at radius 1 is 1.38 bits per heavy atom. The van der Waals surface area contributed by atoms with Gasteiger partial charge >= 0.3 is 0 Å². The van der Waals surface area contributed by atoms with Crippen LogP contribution in [0.2, 0.25) is 0 Å². The molecule has 21 heavy (non-hydrogen) atoms. The van der Waals surface area contributed by atoms with E-state index in [0.717, 1.165) is 18.7 Å². The summed E-state index contributed by atoms with van der Waals surface area (Å²) >= 11 is 0. The highest BCUT2D eigenvalue weighted by molar-refractivity contribution is 5.97. The van der Waals surface area contributed by atoms with Crippen molar-refractivity contribution >= 4 is 5.91 Å². The zero-order valence-electron chi connectivity index (χ0n) is 13.0. The highest BCUT2D eigenvalue weighted by atomic mass is 16.2. The SMILES string of the molecule is CC1CN(C(=O)c2ccccc2C#CCN)CC1N(C)C. The minimum atomic E-state index is 0.0631. The van der Waals surface area contributed by atoms with Crippen LogP contribution in [-0.4, -0.2) is 55.5 Å². The Labute approximate surface area is 126 Å². The Hall–Kier alpha value is -1.83. The van der Waals surface area contributed by atoms with Crippen molar-refractivity contribution < 1.29 is 4.79 Å². The Bertz CT molecular complexity index is 571. The Morgan fingerprint density at radius 3 is 2.71 bits per heavy atom. The van der Waals surface area contributed by atoms with Gasteiger partial charge in [-0.25, -0.2) is 0 Å². The van der Waals surface area contributed by atoms with Crippen LogP contribution in [0.25, 0.3) is 0 Å². The Kier molecular flexibility index (Phi) is 5.00. The number of nitrogens with zero attached hydrogens (tertiary/aromatic N) is 2. The molecule has 2 unspecified atom stereocenters. The van der Waals surface area contributed by atoms with Gasteiger partial charge in [-0.15, -0.1) is 0 Å². The summed E-state index contributed by atoms with van der Waals surface area (Å²) in [5, 5.41) is 0. The molecule has 4 heteroatoms. The van der Waals surface area contributed by atoms with Gasteiger partial charge in [0.25, 0.3) is 5.91 Å². The second-order valence-corrected chi connectivity index (χ2v) is 5.77. The van der Waals surface area contributed by atoms with Gasteiger partial charge < -0.3 is 15.5 Å². The summed E-state index contributed by atoms with van der Waals surface area (Å²) < 4.78 is 0. The van der Waals surface area contributed by atoms with Gasteiger partial charge in [0.05, 0.1) is 12.1 Å². The van der Waals surface area contributed by atoms with Crippen LogP contribution in [0.1, 0.15) is 22.8 Å². The highest BCUT2D eigenvalue weighted by Gasteiger charge is 2.34. The maximum absolute atomic E-state index is 12.8. The molecule has 0 aromatic heterocycles. The second kappa shape index (κ2) is 6.75. The van der Waals surface area contributed by atoms with Crippen LogP contribution in [0.3, 0.4) is 0 Å². The highest BCUT2D eigenvalue weighted by Crippen LogP contribution is 2.22. The first-order valence-electron chi connectivity index (χ1n) is 7.28. The van der Waals surface area contributed by atoms with Crippen LogP contribution >= 0.6 is 0 Å². The molecule has 0 aliphatic carbocycles. The summed E-state index contributed by atoms with van der Waals surface area (Å²) in [5.74, 6) is 6.36. The first kappa shape index (κ1) is 15.6. The molecular weight excluding hydrogens is 262 g/mol. The summed E-state index contributed by atoms with van der Waals surface area (Å²) in [4.78, 5) is 16.9. The lowest BCUT2D eigenvalue weighted by Crippen LogP contribution is -2.36. The number of amides is 1. The van der Waals surface area contributed by atoms with Crippen molar-refractivity contribution in [1.82, 2.24) is 9.80 Å². The van der Waals surface area contributed by atoms with Gasteiger partial charge in [-0.3, -0.25) is 4.79 Å². The van der Waals surface area contributed by atoms with E-state index in [-0.39, 0.29) is 5.91 Å². The number of hydrogen-bond donors (Lipinski definition) is 1. The van der Waals surface area contributed by atoms with Gasteiger partial charge in [-0.05, 0) is 32.1 Å². The molecule has 1 aliphatic heterocycles. The van der Waals surface area contributed by atoms with E-state index in [4.69, 9.17) is 5.73 Å². The topological polar surface area (TPSA) is 49.6 Å². The lowest BCUT2D eigenvalue weighted by molar-refractivity contribution is 0.0781. The molecule has 1 fully saturated rings. The van der Waals surface area contributed by atoms with Crippen LogP contribution in [0.15, 0.2) is 24.3 Å². The van der Waals surface area contributed by atoms with E-state index in [0.29, 0.717) is 24.1 Å². The molecule has 1 saturated heterocycles. The summed E-state index contributed by atoms with van der Waals surface area (Å²) in [5.41, 5.74) is 6.85. The van der Waals surface area contributed by atoms with Crippen molar-refractivity contribution in [2.24, 2.45) is 11.7 Å². The number of benzene rings is 1. The Balaban J connectivity index is 2.22. The molecule has 1 amide bonds. The minimum Gasteiger partial charge on any atom is -0.337 e. The number of rotatable bonds is 2. The summed E-state index contributed by atoms with van der Waals surface area (Å²) in [7, 11) is 4.13. The summed E-state index contributed by atoms with van der Waals surface area (Å²) in [6, 6.07) is 7.90. The summed E-state index contributed by atoms with van der Waals surface area (Å²) in [6.45, 7) is 4.05. The molecule has 0 radical (unpaired) electrons. The average molecular weight is 285 g/mol. The number of carbonyl (C=O) groups is 1. The van der Waals surface area contributed by atoms with Gasteiger partial charge in [0, 0.05) is 24.7 Å². The largest absolute Gasteiger partial charge is 0.337 e. The van der Waals surface area contributed by atoms with E-state index in [9.17, 15) is 4.79 Å². The lowest BCUT2D eigenvalue weighted by atomic mass is 10.1. The van der Waals surface area contributed by atoms with E-state index in [1.54, 1.807) is 0 Å². The molecule has 0 saturated carbocycles. The van der Waals surface area contributed by atoms with Crippen molar-refractivity contribution in [3.05, 3.63) is 35.4 Å². The van der Waals surface area contributed by atoms with Crippen LogP contribution in [0.5, 0.6) is 0 Å². The van der Waals surface area contributed by atoms with Gasteiger partial charge in [-0.2, -0.15) is 0 Å². The molecule has 1 aromatic rings. The standard InChI is InChI=1S/C17H23N3O/c1-13-11-20(12-16(13)19(2)3)17(21)15-9-5-4-7-14(15)8-6-10-18/h4-5,7,9,13,16H,10-12,18H2,1-3H3. The van der Waals surface area contributed by atoms with Crippen molar-refractivity contribution in [1.29, 1.82) is 0 Å². The fourth-order valence-corrected chi connectivity index (χ4v) is 2.88. The maximum Gasteiger partial charge on any atom is 0.255 e. The molecule has 2 rings (SSSR count).